The van der Waals surface area contributed by atoms with Crippen LogP contribution in [0.25, 0.3) is 10.8 Å². The van der Waals surface area contributed by atoms with E-state index in [2.05, 4.69) is 4.98 Å². The van der Waals surface area contributed by atoms with E-state index < -0.39 is 0 Å². The lowest BCUT2D eigenvalue weighted by molar-refractivity contribution is 0.0975. The quantitative estimate of drug-likeness (QED) is 0.818. The van der Waals surface area contributed by atoms with Crippen LogP contribution in [0, 0.1) is 0 Å². The second kappa shape index (κ2) is 5.06. The molecule has 3 nitrogen and oxygen atoms in total. The van der Waals surface area contributed by atoms with Crippen LogP contribution in [0.15, 0.2) is 36.7 Å². The Morgan fingerprint density at radius 2 is 2.24 bits per heavy atom. The first-order valence-electron chi connectivity index (χ1n) is 5.84. The summed E-state index contributed by atoms with van der Waals surface area (Å²) < 4.78 is 0. The number of nitrogens with two attached hydrogens (primary N) is 1. The molecule has 2 N–H and O–H groups in total. The second-order valence-electron chi connectivity index (χ2n) is 4.20. The number of hydrogen-bond acceptors (Lipinski definition) is 3. The smallest absolute Gasteiger partial charge is 0.165 e. The second-order valence-corrected chi connectivity index (χ2v) is 4.20. The van der Waals surface area contributed by atoms with Gasteiger partial charge in [0.15, 0.2) is 5.78 Å². The summed E-state index contributed by atoms with van der Waals surface area (Å²) in [4.78, 5) is 16.2. The Hall–Kier alpha value is -1.74. The molecule has 0 fully saturated rings. The molecular formula is C14H16N2O. The highest BCUT2D eigenvalue weighted by atomic mass is 16.1. The van der Waals surface area contributed by atoms with Gasteiger partial charge in [-0.15, -0.1) is 0 Å². The van der Waals surface area contributed by atoms with Crippen molar-refractivity contribution in [2.24, 2.45) is 5.73 Å². The van der Waals surface area contributed by atoms with Gasteiger partial charge < -0.3 is 5.73 Å². The summed E-state index contributed by atoms with van der Waals surface area (Å²) in [5.74, 6) is 0.108. The molecule has 0 aliphatic carbocycles. The molecule has 0 radical (unpaired) electrons. The molecule has 0 aliphatic heterocycles. The maximum Gasteiger partial charge on any atom is 0.165 e. The van der Waals surface area contributed by atoms with Crippen molar-refractivity contribution in [3.8, 4) is 0 Å². The summed E-state index contributed by atoms with van der Waals surface area (Å²) in [6.45, 7) is 1.99. The number of nitrogens with zero attached hydrogens (tertiary/aromatic N) is 1. The number of hydrogen-bond donors (Lipinski definition) is 1. The molecule has 0 aliphatic rings. The number of benzene rings is 1. The normalized spacial score (nSPS) is 12.6. The SMILES string of the molecule is CCC(N)CC(=O)c1cccc2cnccc12. The van der Waals surface area contributed by atoms with E-state index in [1.807, 2.05) is 31.2 Å². The number of rotatable bonds is 4. The third kappa shape index (κ3) is 2.50. The Labute approximate surface area is 101 Å². The van der Waals surface area contributed by atoms with E-state index in [-0.39, 0.29) is 11.8 Å². The van der Waals surface area contributed by atoms with E-state index >= 15 is 0 Å². The summed E-state index contributed by atoms with van der Waals surface area (Å²) in [6.07, 6.45) is 4.70. The van der Waals surface area contributed by atoms with Gasteiger partial charge >= 0.3 is 0 Å². The number of fused-ring (bicyclic) bond motifs is 1. The molecule has 2 rings (SSSR count). The fourth-order valence-corrected chi connectivity index (χ4v) is 1.86. The van der Waals surface area contributed by atoms with Crippen molar-refractivity contribution in [3.63, 3.8) is 0 Å². The lowest BCUT2D eigenvalue weighted by atomic mass is 9.98. The van der Waals surface area contributed by atoms with Crippen LogP contribution in [0.5, 0.6) is 0 Å². The molecule has 1 heterocycles. The van der Waals surface area contributed by atoms with Crippen LogP contribution in [0.3, 0.4) is 0 Å². The average Bonchev–Trinajstić information content (AvgIpc) is 2.37. The van der Waals surface area contributed by atoms with E-state index in [1.165, 1.54) is 0 Å². The van der Waals surface area contributed by atoms with E-state index in [4.69, 9.17) is 5.73 Å². The van der Waals surface area contributed by atoms with Crippen LogP contribution >= 0.6 is 0 Å². The predicted molar refractivity (Wildman–Crippen MR) is 69.0 cm³/mol. The molecule has 17 heavy (non-hydrogen) atoms. The highest BCUT2D eigenvalue weighted by Gasteiger charge is 2.12. The average molecular weight is 228 g/mol. The highest BCUT2D eigenvalue weighted by molar-refractivity contribution is 6.08. The summed E-state index contributed by atoms with van der Waals surface area (Å²) in [6, 6.07) is 7.51. The van der Waals surface area contributed by atoms with Crippen molar-refractivity contribution in [3.05, 3.63) is 42.2 Å². The van der Waals surface area contributed by atoms with Crippen LogP contribution < -0.4 is 5.73 Å². The Bertz CT molecular complexity index is 531. The first-order chi connectivity index (χ1) is 8.22. The summed E-state index contributed by atoms with van der Waals surface area (Å²) in [5.41, 5.74) is 6.57. The summed E-state index contributed by atoms with van der Waals surface area (Å²) in [7, 11) is 0. The van der Waals surface area contributed by atoms with Gasteiger partial charge in [-0.1, -0.05) is 25.1 Å². The van der Waals surface area contributed by atoms with Gasteiger partial charge in [0, 0.05) is 35.8 Å². The Morgan fingerprint density at radius 1 is 1.41 bits per heavy atom. The van der Waals surface area contributed by atoms with Crippen LogP contribution in [0.2, 0.25) is 0 Å². The fraction of sp³-hybridized carbons (Fsp3) is 0.286. The molecule has 1 atom stereocenters. The third-order valence-electron chi connectivity index (χ3n) is 2.95. The van der Waals surface area contributed by atoms with Gasteiger partial charge in [-0.3, -0.25) is 9.78 Å². The minimum absolute atomic E-state index is 0.0559. The summed E-state index contributed by atoms with van der Waals surface area (Å²) >= 11 is 0. The van der Waals surface area contributed by atoms with Gasteiger partial charge in [0.2, 0.25) is 0 Å². The molecule has 2 aromatic rings. The van der Waals surface area contributed by atoms with E-state index in [1.54, 1.807) is 12.4 Å². The molecule has 3 heteroatoms. The Morgan fingerprint density at radius 3 is 3.00 bits per heavy atom. The highest BCUT2D eigenvalue weighted by Crippen LogP contribution is 2.19. The molecule has 88 valence electrons. The molecule has 0 saturated heterocycles. The topological polar surface area (TPSA) is 56.0 Å². The van der Waals surface area contributed by atoms with Crippen LogP contribution in [0.1, 0.15) is 30.1 Å². The zero-order valence-electron chi connectivity index (χ0n) is 9.89. The Kier molecular flexibility index (Phi) is 3.49. The number of carbonyl (C=O) groups excluding carboxylic acids is 1. The number of carbonyl (C=O) groups is 1. The molecular weight excluding hydrogens is 212 g/mol. The van der Waals surface area contributed by atoms with Crippen LogP contribution in [0.4, 0.5) is 0 Å². The molecule has 0 amide bonds. The number of aromatic nitrogens is 1. The number of pyridine rings is 1. The molecule has 1 aromatic heterocycles. The monoisotopic (exact) mass is 228 g/mol. The van der Waals surface area contributed by atoms with Crippen molar-refractivity contribution in [1.29, 1.82) is 0 Å². The Balaban J connectivity index is 2.38. The molecule has 0 saturated carbocycles. The van der Waals surface area contributed by atoms with E-state index in [0.717, 1.165) is 22.8 Å². The standard InChI is InChI=1S/C14H16N2O/c1-2-11(15)8-14(17)13-5-3-4-10-9-16-7-6-12(10)13/h3-7,9,11H,2,8,15H2,1H3. The van der Waals surface area contributed by atoms with E-state index in [0.29, 0.717) is 6.42 Å². The zero-order valence-corrected chi connectivity index (χ0v) is 9.89. The largest absolute Gasteiger partial charge is 0.327 e. The van der Waals surface area contributed by atoms with Crippen molar-refractivity contribution < 1.29 is 4.79 Å². The number of Topliss-reactive ketones (excluding diaryl/α,β-unsaturated/α-hetero) is 1. The maximum absolute atomic E-state index is 12.1. The molecule has 0 bridgehead atoms. The predicted octanol–water partition coefficient (Wildman–Crippen LogP) is 2.54. The number of ketones is 1. The van der Waals surface area contributed by atoms with Gasteiger partial charge in [0.25, 0.3) is 0 Å². The van der Waals surface area contributed by atoms with Gasteiger partial charge in [0.05, 0.1) is 0 Å². The third-order valence-corrected chi connectivity index (χ3v) is 2.95. The minimum Gasteiger partial charge on any atom is -0.327 e. The summed E-state index contributed by atoms with van der Waals surface area (Å²) in [5, 5.41) is 1.94. The lowest BCUT2D eigenvalue weighted by Crippen LogP contribution is -2.22. The minimum atomic E-state index is -0.0559. The van der Waals surface area contributed by atoms with Crippen molar-refractivity contribution >= 4 is 16.6 Å². The molecule has 0 spiro atoms. The van der Waals surface area contributed by atoms with Gasteiger partial charge in [-0.25, -0.2) is 0 Å². The molecule has 1 unspecified atom stereocenters. The van der Waals surface area contributed by atoms with Gasteiger partial charge in [0.1, 0.15) is 0 Å². The fourth-order valence-electron chi connectivity index (χ4n) is 1.86. The van der Waals surface area contributed by atoms with Gasteiger partial charge in [-0.05, 0) is 17.9 Å². The van der Waals surface area contributed by atoms with Gasteiger partial charge in [-0.2, -0.15) is 0 Å². The van der Waals surface area contributed by atoms with Crippen LogP contribution in [-0.4, -0.2) is 16.8 Å². The lowest BCUT2D eigenvalue weighted by Gasteiger charge is -2.09. The first kappa shape index (κ1) is 11.7. The van der Waals surface area contributed by atoms with E-state index in [9.17, 15) is 4.79 Å². The molecule has 1 aromatic carbocycles. The van der Waals surface area contributed by atoms with Crippen LogP contribution in [-0.2, 0) is 0 Å². The first-order valence-corrected chi connectivity index (χ1v) is 5.84. The van der Waals surface area contributed by atoms with Crippen molar-refractivity contribution in [2.45, 2.75) is 25.8 Å². The van der Waals surface area contributed by atoms with Crippen molar-refractivity contribution in [2.75, 3.05) is 0 Å². The zero-order chi connectivity index (χ0) is 12.3. The van der Waals surface area contributed by atoms with Crippen molar-refractivity contribution in [1.82, 2.24) is 4.98 Å². The maximum atomic E-state index is 12.1.